The Bertz CT molecular complexity index is 361. The molecule has 0 atom stereocenters. The summed E-state index contributed by atoms with van der Waals surface area (Å²) in [5, 5.41) is 8.51. The molecule has 0 saturated carbocycles. The summed E-state index contributed by atoms with van der Waals surface area (Å²) in [4.78, 5) is 7.93. The predicted octanol–water partition coefficient (Wildman–Crippen LogP) is 2.66. The zero-order valence-electron chi connectivity index (χ0n) is 8.49. The smallest absolute Gasteiger partial charge is 0.159 e. The van der Waals surface area contributed by atoms with Gasteiger partial charge in [-0.25, -0.2) is 4.98 Å². The Labute approximate surface area is 84.4 Å². The van der Waals surface area contributed by atoms with Crippen molar-refractivity contribution in [3.8, 4) is 6.07 Å². The van der Waals surface area contributed by atoms with Gasteiger partial charge in [0.05, 0.1) is 17.6 Å². The molecule has 0 aliphatic carbocycles. The van der Waals surface area contributed by atoms with E-state index in [0.29, 0.717) is 11.4 Å². The van der Waals surface area contributed by atoms with Crippen molar-refractivity contribution in [3.63, 3.8) is 0 Å². The highest BCUT2D eigenvalue weighted by molar-refractivity contribution is 5.57. The van der Waals surface area contributed by atoms with E-state index in [1.165, 1.54) is 6.20 Å². The number of nitrogens with zero attached hydrogens (tertiary/aromatic N) is 3. The van der Waals surface area contributed by atoms with Gasteiger partial charge in [0.2, 0.25) is 0 Å². The minimum atomic E-state index is 0.288. The third-order valence-corrected chi connectivity index (χ3v) is 1.33. The summed E-state index contributed by atoms with van der Waals surface area (Å²) in [7, 11) is 0. The minimum Gasteiger partial charge on any atom is -0.252 e. The number of aromatic nitrogens is 2. The molecule has 1 aromatic heterocycles. The second-order valence-electron chi connectivity index (χ2n) is 2.05. The van der Waals surface area contributed by atoms with Gasteiger partial charge in [-0.3, -0.25) is 4.98 Å². The molecule has 3 nitrogen and oxygen atoms in total. The zero-order valence-corrected chi connectivity index (χ0v) is 8.49. The van der Waals surface area contributed by atoms with Crippen molar-refractivity contribution < 1.29 is 0 Å². The number of hydrogen-bond acceptors (Lipinski definition) is 3. The molecule has 14 heavy (non-hydrogen) atoms. The first-order valence-corrected chi connectivity index (χ1v) is 4.34. The van der Waals surface area contributed by atoms with Gasteiger partial charge >= 0.3 is 0 Å². The van der Waals surface area contributed by atoms with E-state index in [1.54, 1.807) is 12.2 Å². The molecule has 3 heteroatoms. The number of hydrogen-bond donors (Lipinski definition) is 0. The molecule has 0 spiro atoms. The van der Waals surface area contributed by atoms with Crippen molar-refractivity contribution in [1.29, 1.82) is 5.26 Å². The van der Waals surface area contributed by atoms with Crippen molar-refractivity contribution in [2.75, 3.05) is 0 Å². The lowest BCUT2D eigenvalue weighted by atomic mass is 10.3. The van der Waals surface area contributed by atoms with Crippen molar-refractivity contribution >= 4 is 12.2 Å². The summed E-state index contributed by atoms with van der Waals surface area (Å²) >= 11 is 0. The van der Waals surface area contributed by atoms with Crippen molar-refractivity contribution in [2.45, 2.75) is 13.8 Å². The SMILES string of the molecule is C=Cc1ncc(C#N)nc1C=C.CC. The Morgan fingerprint density at radius 3 is 2.29 bits per heavy atom. The van der Waals surface area contributed by atoms with Crippen LogP contribution in [0.4, 0.5) is 0 Å². The quantitative estimate of drug-likeness (QED) is 0.715. The largest absolute Gasteiger partial charge is 0.252 e. The van der Waals surface area contributed by atoms with Gasteiger partial charge in [-0.15, -0.1) is 0 Å². The normalized spacial score (nSPS) is 7.79. The van der Waals surface area contributed by atoms with Crippen LogP contribution in [0.2, 0.25) is 0 Å². The van der Waals surface area contributed by atoms with Crippen LogP contribution >= 0.6 is 0 Å². The molecule has 0 unspecified atom stereocenters. The van der Waals surface area contributed by atoms with Crippen LogP contribution in [0.1, 0.15) is 30.9 Å². The Morgan fingerprint density at radius 1 is 1.29 bits per heavy atom. The highest BCUT2D eigenvalue weighted by atomic mass is 14.8. The third kappa shape index (κ3) is 2.83. The predicted molar refractivity (Wildman–Crippen MR) is 58.3 cm³/mol. The second-order valence-corrected chi connectivity index (χ2v) is 2.05. The van der Waals surface area contributed by atoms with Crippen LogP contribution in [-0.4, -0.2) is 9.97 Å². The fourth-order valence-corrected chi connectivity index (χ4v) is 0.774. The topological polar surface area (TPSA) is 49.6 Å². The van der Waals surface area contributed by atoms with E-state index in [0.717, 1.165) is 0 Å². The van der Waals surface area contributed by atoms with Crippen LogP contribution in [0.25, 0.3) is 12.2 Å². The molecule has 0 aliphatic heterocycles. The second kappa shape index (κ2) is 6.55. The van der Waals surface area contributed by atoms with E-state index in [9.17, 15) is 0 Å². The molecule has 0 bridgehead atoms. The van der Waals surface area contributed by atoms with Crippen molar-refractivity contribution in [3.05, 3.63) is 36.4 Å². The van der Waals surface area contributed by atoms with E-state index < -0.39 is 0 Å². The Hall–Kier alpha value is -1.95. The van der Waals surface area contributed by atoms with Gasteiger partial charge in [0.25, 0.3) is 0 Å². The maximum atomic E-state index is 8.51. The third-order valence-electron chi connectivity index (χ3n) is 1.33. The maximum Gasteiger partial charge on any atom is 0.159 e. The van der Waals surface area contributed by atoms with Gasteiger partial charge < -0.3 is 0 Å². The molecule has 1 heterocycles. The van der Waals surface area contributed by atoms with Crippen LogP contribution in [-0.2, 0) is 0 Å². The van der Waals surface area contributed by atoms with Crippen LogP contribution < -0.4 is 0 Å². The summed E-state index contributed by atoms with van der Waals surface area (Å²) in [6.07, 6.45) is 4.53. The molecule has 0 radical (unpaired) electrons. The first kappa shape index (κ1) is 12.0. The first-order chi connectivity index (χ1) is 6.81. The van der Waals surface area contributed by atoms with Crippen LogP contribution in [0.5, 0.6) is 0 Å². The van der Waals surface area contributed by atoms with Gasteiger partial charge in [0.1, 0.15) is 6.07 Å². The molecule has 0 amide bonds. The number of rotatable bonds is 2. The van der Waals surface area contributed by atoms with E-state index in [1.807, 2.05) is 19.9 Å². The maximum absolute atomic E-state index is 8.51. The van der Waals surface area contributed by atoms with E-state index >= 15 is 0 Å². The van der Waals surface area contributed by atoms with E-state index in [2.05, 4.69) is 23.1 Å². The zero-order chi connectivity index (χ0) is 11.0. The summed E-state index contributed by atoms with van der Waals surface area (Å²) in [6.45, 7) is 11.1. The van der Waals surface area contributed by atoms with E-state index in [-0.39, 0.29) is 5.69 Å². The summed E-state index contributed by atoms with van der Waals surface area (Å²) in [6, 6.07) is 1.90. The average molecular weight is 187 g/mol. The highest BCUT2D eigenvalue weighted by Crippen LogP contribution is 2.05. The molecule has 1 rings (SSSR count). The van der Waals surface area contributed by atoms with Crippen molar-refractivity contribution in [2.24, 2.45) is 0 Å². The Balaban J connectivity index is 0.000000791. The lowest BCUT2D eigenvalue weighted by molar-refractivity contribution is 1.13. The molecule has 0 saturated heterocycles. The number of nitriles is 1. The Morgan fingerprint density at radius 2 is 1.86 bits per heavy atom. The van der Waals surface area contributed by atoms with E-state index in [4.69, 9.17) is 5.26 Å². The molecule has 0 aromatic carbocycles. The Kier molecular flexibility index (Phi) is 5.64. The highest BCUT2D eigenvalue weighted by Gasteiger charge is 1.99. The molecule has 0 fully saturated rings. The summed E-state index contributed by atoms with van der Waals surface area (Å²) in [5.74, 6) is 0. The molecule has 72 valence electrons. The standard InChI is InChI=1S/C9H7N3.C2H6/c1-3-8-9(4-2)12-7(5-10)6-11-8;1-2/h3-4,6H,1-2H2;1-2H3. The molecular weight excluding hydrogens is 174 g/mol. The van der Waals surface area contributed by atoms with Gasteiger partial charge in [0.15, 0.2) is 5.69 Å². The van der Waals surface area contributed by atoms with Crippen LogP contribution in [0.15, 0.2) is 19.4 Å². The van der Waals surface area contributed by atoms with Gasteiger partial charge in [0, 0.05) is 0 Å². The van der Waals surface area contributed by atoms with Gasteiger partial charge in [-0.2, -0.15) is 5.26 Å². The van der Waals surface area contributed by atoms with Gasteiger partial charge in [-0.1, -0.05) is 27.0 Å². The van der Waals surface area contributed by atoms with Gasteiger partial charge in [-0.05, 0) is 12.2 Å². The minimum absolute atomic E-state index is 0.288. The molecule has 1 aromatic rings. The fourth-order valence-electron chi connectivity index (χ4n) is 0.774. The monoisotopic (exact) mass is 187 g/mol. The summed E-state index contributed by atoms with van der Waals surface area (Å²) in [5.41, 5.74) is 1.52. The molecule has 0 aliphatic rings. The molecule has 0 N–H and O–H groups in total. The first-order valence-electron chi connectivity index (χ1n) is 4.34. The molecular formula is C11H13N3. The van der Waals surface area contributed by atoms with Crippen molar-refractivity contribution in [1.82, 2.24) is 9.97 Å². The average Bonchev–Trinajstić information content (AvgIpc) is 2.30. The summed E-state index contributed by atoms with van der Waals surface area (Å²) < 4.78 is 0. The lowest BCUT2D eigenvalue weighted by Crippen LogP contribution is -1.93. The van der Waals surface area contributed by atoms with Crippen LogP contribution in [0, 0.1) is 11.3 Å². The lowest BCUT2D eigenvalue weighted by Gasteiger charge is -1.97. The fraction of sp³-hybridized carbons (Fsp3) is 0.182. The van der Waals surface area contributed by atoms with Crippen LogP contribution in [0.3, 0.4) is 0 Å².